The molecule has 1 amide bonds. The van der Waals surface area contributed by atoms with Gasteiger partial charge in [-0.2, -0.15) is 5.10 Å². The summed E-state index contributed by atoms with van der Waals surface area (Å²) in [5.74, 6) is -0.836. The Hall–Kier alpha value is -2.70. The van der Waals surface area contributed by atoms with Crippen LogP contribution in [0.25, 0.3) is 5.69 Å². The highest BCUT2D eigenvalue weighted by molar-refractivity contribution is 6.31. The van der Waals surface area contributed by atoms with Crippen molar-refractivity contribution in [3.8, 4) is 5.69 Å². The third kappa shape index (κ3) is 4.08. The highest BCUT2D eigenvalue weighted by Gasteiger charge is 2.24. The van der Waals surface area contributed by atoms with E-state index in [0.29, 0.717) is 18.1 Å². The zero-order valence-corrected chi connectivity index (χ0v) is 16.0. The van der Waals surface area contributed by atoms with Crippen molar-refractivity contribution < 1.29 is 9.18 Å². The average molecular weight is 399 g/mol. The van der Waals surface area contributed by atoms with Crippen molar-refractivity contribution in [3.63, 3.8) is 0 Å². The van der Waals surface area contributed by atoms with Crippen LogP contribution in [-0.2, 0) is 6.54 Å². The summed E-state index contributed by atoms with van der Waals surface area (Å²) in [6.07, 6.45) is 3.66. The van der Waals surface area contributed by atoms with Gasteiger partial charge in [0.2, 0.25) is 0 Å². The summed E-state index contributed by atoms with van der Waals surface area (Å²) in [5, 5.41) is 4.59. The molecule has 0 saturated carbocycles. The van der Waals surface area contributed by atoms with Gasteiger partial charge in [-0.15, -0.1) is 0 Å². The van der Waals surface area contributed by atoms with E-state index in [2.05, 4.69) is 22.1 Å². The molecule has 0 N–H and O–H groups in total. The van der Waals surface area contributed by atoms with E-state index in [4.69, 9.17) is 11.6 Å². The van der Waals surface area contributed by atoms with Gasteiger partial charge in [0.05, 0.1) is 11.3 Å². The highest BCUT2D eigenvalue weighted by atomic mass is 35.5. The fourth-order valence-corrected chi connectivity index (χ4v) is 3.55. The number of hydrogen-bond acceptors (Lipinski definition) is 3. The number of carbonyl (C=O) groups excluding carboxylic acids is 1. The molecule has 144 valence electrons. The smallest absolute Gasteiger partial charge is 0.256 e. The summed E-state index contributed by atoms with van der Waals surface area (Å²) < 4.78 is 15.8. The topological polar surface area (TPSA) is 41.4 Å². The van der Waals surface area contributed by atoms with Gasteiger partial charge in [0.25, 0.3) is 5.91 Å². The molecule has 0 aliphatic carbocycles. The Morgan fingerprint density at radius 1 is 1.07 bits per heavy atom. The number of amides is 1. The lowest BCUT2D eigenvalue weighted by Gasteiger charge is -2.34. The summed E-state index contributed by atoms with van der Waals surface area (Å²) in [7, 11) is 0. The van der Waals surface area contributed by atoms with Gasteiger partial charge < -0.3 is 4.90 Å². The van der Waals surface area contributed by atoms with Gasteiger partial charge in [-0.3, -0.25) is 9.69 Å². The van der Waals surface area contributed by atoms with Crippen molar-refractivity contribution in [2.45, 2.75) is 6.54 Å². The second kappa shape index (κ2) is 8.12. The maximum atomic E-state index is 14.0. The molecule has 2 aromatic carbocycles. The number of piperazine rings is 1. The van der Waals surface area contributed by atoms with Crippen LogP contribution in [-0.4, -0.2) is 51.7 Å². The molecule has 1 aliphatic rings. The van der Waals surface area contributed by atoms with Crippen LogP contribution >= 0.6 is 11.6 Å². The SMILES string of the molecule is O=C(c1cc(Cl)ccc1F)N1CCN(Cc2ccc(-n3cccn3)cc2)CC1. The van der Waals surface area contributed by atoms with Gasteiger partial charge in [-0.1, -0.05) is 23.7 Å². The molecule has 7 heteroatoms. The van der Waals surface area contributed by atoms with Gasteiger partial charge in [0, 0.05) is 50.1 Å². The second-order valence-corrected chi connectivity index (χ2v) is 7.25. The molecule has 1 fully saturated rings. The molecule has 28 heavy (non-hydrogen) atoms. The first-order chi connectivity index (χ1) is 13.6. The summed E-state index contributed by atoms with van der Waals surface area (Å²) in [5.41, 5.74) is 2.26. The predicted molar refractivity (Wildman–Crippen MR) is 106 cm³/mol. The number of benzene rings is 2. The first-order valence-electron chi connectivity index (χ1n) is 9.16. The Morgan fingerprint density at radius 3 is 2.50 bits per heavy atom. The third-order valence-corrected chi connectivity index (χ3v) is 5.16. The van der Waals surface area contributed by atoms with Gasteiger partial charge >= 0.3 is 0 Å². The number of carbonyl (C=O) groups is 1. The fourth-order valence-electron chi connectivity index (χ4n) is 3.37. The molecule has 0 unspecified atom stereocenters. The Morgan fingerprint density at radius 2 is 1.82 bits per heavy atom. The maximum Gasteiger partial charge on any atom is 0.256 e. The molecule has 1 aliphatic heterocycles. The Labute approximate surface area is 167 Å². The van der Waals surface area contributed by atoms with E-state index in [1.165, 1.54) is 23.8 Å². The van der Waals surface area contributed by atoms with Crippen LogP contribution in [0.2, 0.25) is 5.02 Å². The lowest BCUT2D eigenvalue weighted by molar-refractivity contribution is 0.0624. The molecule has 0 atom stereocenters. The number of halogens is 2. The van der Waals surface area contributed by atoms with Gasteiger partial charge in [-0.05, 0) is 42.0 Å². The summed E-state index contributed by atoms with van der Waals surface area (Å²) >= 11 is 5.91. The molecule has 1 saturated heterocycles. The Balaban J connectivity index is 1.34. The number of hydrogen-bond donors (Lipinski definition) is 0. The van der Waals surface area contributed by atoms with E-state index in [-0.39, 0.29) is 11.5 Å². The largest absolute Gasteiger partial charge is 0.336 e. The molecule has 2 heterocycles. The minimum absolute atomic E-state index is 0.0372. The molecule has 3 aromatic rings. The van der Waals surface area contributed by atoms with E-state index >= 15 is 0 Å². The summed E-state index contributed by atoms with van der Waals surface area (Å²) in [4.78, 5) is 16.6. The average Bonchev–Trinajstić information content (AvgIpc) is 3.25. The number of rotatable bonds is 4. The van der Waals surface area contributed by atoms with E-state index in [1.807, 2.05) is 29.1 Å². The predicted octanol–water partition coefficient (Wildman–Crippen LogP) is 3.62. The zero-order chi connectivity index (χ0) is 19.5. The van der Waals surface area contributed by atoms with Crippen molar-refractivity contribution in [2.75, 3.05) is 26.2 Å². The van der Waals surface area contributed by atoms with Crippen molar-refractivity contribution >= 4 is 17.5 Å². The van der Waals surface area contributed by atoms with E-state index in [1.54, 1.807) is 11.1 Å². The quantitative estimate of drug-likeness (QED) is 0.674. The van der Waals surface area contributed by atoms with Crippen LogP contribution in [0, 0.1) is 5.82 Å². The highest BCUT2D eigenvalue weighted by Crippen LogP contribution is 2.18. The van der Waals surface area contributed by atoms with Crippen molar-refractivity contribution in [2.24, 2.45) is 0 Å². The van der Waals surface area contributed by atoms with Crippen LogP contribution in [0.1, 0.15) is 15.9 Å². The van der Waals surface area contributed by atoms with Crippen LogP contribution < -0.4 is 0 Å². The van der Waals surface area contributed by atoms with Crippen molar-refractivity contribution in [3.05, 3.63) is 82.9 Å². The minimum atomic E-state index is -0.533. The molecule has 0 spiro atoms. The summed E-state index contributed by atoms with van der Waals surface area (Å²) in [6.45, 7) is 3.43. The lowest BCUT2D eigenvalue weighted by atomic mass is 10.1. The van der Waals surface area contributed by atoms with Crippen molar-refractivity contribution in [1.29, 1.82) is 0 Å². The number of aromatic nitrogens is 2. The minimum Gasteiger partial charge on any atom is -0.336 e. The Bertz CT molecular complexity index is 951. The van der Waals surface area contributed by atoms with E-state index in [0.717, 1.165) is 25.3 Å². The molecule has 4 rings (SSSR count). The van der Waals surface area contributed by atoms with Crippen LogP contribution in [0.5, 0.6) is 0 Å². The van der Waals surface area contributed by atoms with Crippen molar-refractivity contribution in [1.82, 2.24) is 19.6 Å². The third-order valence-electron chi connectivity index (χ3n) is 4.93. The maximum absolute atomic E-state index is 14.0. The van der Waals surface area contributed by atoms with Gasteiger partial charge in [0.1, 0.15) is 5.82 Å². The molecule has 0 bridgehead atoms. The molecular formula is C21H20ClFN4O. The van der Waals surface area contributed by atoms with Crippen LogP contribution in [0.15, 0.2) is 60.9 Å². The fraction of sp³-hybridized carbons (Fsp3) is 0.238. The molecular weight excluding hydrogens is 379 g/mol. The first-order valence-corrected chi connectivity index (χ1v) is 9.53. The standard InChI is InChI=1S/C21H20ClFN4O/c22-17-4-7-20(23)19(14-17)21(28)26-12-10-25(11-13-26)15-16-2-5-18(6-3-16)27-9-1-8-24-27/h1-9,14H,10-13,15H2. The number of nitrogens with zero attached hydrogens (tertiary/aromatic N) is 4. The zero-order valence-electron chi connectivity index (χ0n) is 15.3. The first kappa shape index (κ1) is 18.7. The lowest BCUT2D eigenvalue weighted by Crippen LogP contribution is -2.48. The molecule has 5 nitrogen and oxygen atoms in total. The van der Waals surface area contributed by atoms with Gasteiger partial charge in [0.15, 0.2) is 0 Å². The molecule has 0 radical (unpaired) electrons. The van der Waals surface area contributed by atoms with Crippen LogP contribution in [0.4, 0.5) is 4.39 Å². The second-order valence-electron chi connectivity index (χ2n) is 6.81. The van der Waals surface area contributed by atoms with Gasteiger partial charge in [-0.25, -0.2) is 9.07 Å². The monoisotopic (exact) mass is 398 g/mol. The van der Waals surface area contributed by atoms with E-state index in [9.17, 15) is 9.18 Å². The van der Waals surface area contributed by atoms with E-state index < -0.39 is 5.82 Å². The van der Waals surface area contributed by atoms with Crippen LogP contribution in [0.3, 0.4) is 0 Å². The summed E-state index contributed by atoms with van der Waals surface area (Å²) in [6, 6.07) is 14.2. The Kier molecular flexibility index (Phi) is 5.41. The normalized spacial score (nSPS) is 15.0. The molecule has 1 aromatic heterocycles.